The number of aromatic nitrogens is 3. The molecule has 2 aromatic rings. The van der Waals surface area contributed by atoms with Crippen LogP contribution in [0.4, 0.5) is 5.82 Å². The molecule has 0 unspecified atom stereocenters. The molecule has 0 radical (unpaired) electrons. The first-order valence-electron chi connectivity index (χ1n) is 8.92. The first-order chi connectivity index (χ1) is 11.4. The minimum absolute atomic E-state index is 0.515. The fourth-order valence-electron chi connectivity index (χ4n) is 4.03. The quantitative estimate of drug-likeness (QED) is 0.940. The highest BCUT2D eigenvalue weighted by atomic mass is 15.2. The fourth-order valence-corrected chi connectivity index (χ4v) is 4.03. The first kappa shape index (κ1) is 14.8. The molecular formula is C18H25N5. The predicted molar refractivity (Wildman–Crippen MR) is 92.4 cm³/mol. The van der Waals surface area contributed by atoms with Gasteiger partial charge in [-0.25, -0.2) is 9.97 Å². The van der Waals surface area contributed by atoms with Crippen LogP contribution in [0.25, 0.3) is 10.9 Å². The topological polar surface area (TPSA) is 53.9 Å². The molecule has 2 fully saturated rings. The van der Waals surface area contributed by atoms with Crippen LogP contribution in [0.5, 0.6) is 0 Å². The number of anilines is 1. The van der Waals surface area contributed by atoms with Crippen LogP contribution < -0.4 is 5.32 Å². The van der Waals surface area contributed by atoms with Crippen molar-refractivity contribution in [1.82, 2.24) is 19.9 Å². The molecule has 5 heteroatoms. The van der Waals surface area contributed by atoms with E-state index in [9.17, 15) is 0 Å². The van der Waals surface area contributed by atoms with Crippen molar-refractivity contribution in [1.29, 1.82) is 0 Å². The van der Waals surface area contributed by atoms with Gasteiger partial charge >= 0.3 is 0 Å². The van der Waals surface area contributed by atoms with E-state index in [1.54, 1.807) is 18.7 Å². The van der Waals surface area contributed by atoms with Gasteiger partial charge in [-0.3, -0.25) is 4.98 Å². The summed E-state index contributed by atoms with van der Waals surface area (Å²) < 4.78 is 0. The van der Waals surface area contributed by atoms with Crippen molar-refractivity contribution >= 4 is 16.7 Å². The van der Waals surface area contributed by atoms with Gasteiger partial charge in [0, 0.05) is 37.3 Å². The summed E-state index contributed by atoms with van der Waals surface area (Å²) in [6.45, 7) is 3.73. The molecule has 0 atom stereocenters. The normalized spacial score (nSPS) is 21.0. The predicted octanol–water partition coefficient (Wildman–Crippen LogP) is 3.09. The Morgan fingerprint density at radius 2 is 1.91 bits per heavy atom. The zero-order valence-corrected chi connectivity index (χ0v) is 13.6. The lowest BCUT2D eigenvalue weighted by Crippen LogP contribution is -2.41. The van der Waals surface area contributed by atoms with Gasteiger partial charge in [-0.1, -0.05) is 12.8 Å². The third-order valence-corrected chi connectivity index (χ3v) is 5.36. The number of nitrogens with zero attached hydrogens (tertiary/aromatic N) is 4. The molecule has 1 saturated heterocycles. The van der Waals surface area contributed by atoms with E-state index in [0.29, 0.717) is 6.04 Å². The standard InChI is InChI=1S/C18H25N5/c1-2-4-14(3-1)12-23-9-6-15(7-10-23)22-18-16-5-8-19-11-17(16)20-13-21-18/h5,8,11,13-15H,1-4,6-7,9-10,12H2,(H,20,21,22). The largest absolute Gasteiger partial charge is 0.367 e. The van der Waals surface area contributed by atoms with Crippen LogP contribution in [0.15, 0.2) is 24.8 Å². The van der Waals surface area contributed by atoms with E-state index in [1.807, 2.05) is 6.07 Å². The average Bonchev–Trinajstić information content (AvgIpc) is 3.10. The van der Waals surface area contributed by atoms with Crippen LogP contribution in [-0.2, 0) is 0 Å². The SMILES string of the molecule is c1cc2c(NC3CCN(CC4CCCC4)CC3)ncnc2cn1. The third kappa shape index (κ3) is 3.44. The number of pyridine rings is 1. The van der Waals surface area contributed by atoms with Crippen LogP contribution >= 0.6 is 0 Å². The van der Waals surface area contributed by atoms with Gasteiger partial charge in [0.05, 0.1) is 11.7 Å². The summed E-state index contributed by atoms with van der Waals surface area (Å²) >= 11 is 0. The molecule has 1 saturated carbocycles. The lowest BCUT2D eigenvalue weighted by Gasteiger charge is -2.34. The van der Waals surface area contributed by atoms with Gasteiger partial charge < -0.3 is 10.2 Å². The van der Waals surface area contributed by atoms with Crippen molar-refractivity contribution in [2.24, 2.45) is 5.92 Å². The number of likely N-dealkylation sites (tertiary alicyclic amines) is 1. The van der Waals surface area contributed by atoms with Crippen molar-refractivity contribution in [3.63, 3.8) is 0 Å². The van der Waals surface area contributed by atoms with Crippen molar-refractivity contribution in [3.8, 4) is 0 Å². The zero-order valence-electron chi connectivity index (χ0n) is 13.6. The molecule has 1 aliphatic carbocycles. The van der Waals surface area contributed by atoms with E-state index in [1.165, 1.54) is 58.2 Å². The molecular weight excluding hydrogens is 286 g/mol. The monoisotopic (exact) mass is 311 g/mol. The number of nitrogens with one attached hydrogen (secondary N) is 1. The number of fused-ring (bicyclic) bond motifs is 1. The minimum Gasteiger partial charge on any atom is -0.367 e. The molecule has 5 nitrogen and oxygen atoms in total. The molecule has 4 rings (SSSR count). The Morgan fingerprint density at radius 1 is 1.09 bits per heavy atom. The number of hydrogen-bond donors (Lipinski definition) is 1. The second-order valence-electron chi connectivity index (χ2n) is 6.98. The summed E-state index contributed by atoms with van der Waals surface area (Å²) in [5.41, 5.74) is 0.906. The minimum atomic E-state index is 0.515. The number of rotatable bonds is 4. The van der Waals surface area contributed by atoms with E-state index >= 15 is 0 Å². The van der Waals surface area contributed by atoms with Crippen molar-refractivity contribution in [2.75, 3.05) is 25.0 Å². The van der Waals surface area contributed by atoms with Gasteiger partial charge in [0.15, 0.2) is 0 Å². The Kier molecular flexibility index (Phi) is 4.37. The summed E-state index contributed by atoms with van der Waals surface area (Å²) in [6.07, 6.45) is 13.4. The van der Waals surface area contributed by atoms with Crippen molar-refractivity contribution in [2.45, 2.75) is 44.6 Å². The summed E-state index contributed by atoms with van der Waals surface area (Å²) in [5.74, 6) is 1.91. The maximum atomic E-state index is 4.44. The van der Waals surface area contributed by atoms with Crippen LogP contribution in [-0.4, -0.2) is 45.5 Å². The van der Waals surface area contributed by atoms with Crippen molar-refractivity contribution in [3.05, 3.63) is 24.8 Å². The van der Waals surface area contributed by atoms with Gasteiger partial charge in [0.1, 0.15) is 12.1 Å². The molecule has 0 bridgehead atoms. The summed E-state index contributed by atoms with van der Waals surface area (Å²) in [6, 6.07) is 2.51. The average molecular weight is 311 g/mol. The first-order valence-corrected chi connectivity index (χ1v) is 8.92. The van der Waals surface area contributed by atoms with Crippen LogP contribution in [0, 0.1) is 5.92 Å². The van der Waals surface area contributed by atoms with Gasteiger partial charge in [-0.2, -0.15) is 0 Å². The molecule has 1 N–H and O–H groups in total. The molecule has 0 amide bonds. The Morgan fingerprint density at radius 3 is 2.74 bits per heavy atom. The van der Waals surface area contributed by atoms with Crippen LogP contribution in [0.2, 0.25) is 0 Å². The van der Waals surface area contributed by atoms with E-state index in [4.69, 9.17) is 0 Å². The molecule has 1 aliphatic heterocycles. The molecule has 0 aromatic carbocycles. The molecule has 2 aromatic heterocycles. The lowest BCUT2D eigenvalue weighted by molar-refractivity contribution is 0.189. The highest BCUT2D eigenvalue weighted by molar-refractivity contribution is 5.87. The summed E-state index contributed by atoms with van der Waals surface area (Å²) in [5, 5.41) is 4.70. The molecule has 122 valence electrons. The van der Waals surface area contributed by atoms with Gasteiger partial charge in [0.25, 0.3) is 0 Å². The third-order valence-electron chi connectivity index (χ3n) is 5.36. The second-order valence-corrected chi connectivity index (χ2v) is 6.98. The Hall–Kier alpha value is -1.75. The number of hydrogen-bond acceptors (Lipinski definition) is 5. The highest BCUT2D eigenvalue weighted by Gasteiger charge is 2.23. The zero-order chi connectivity index (χ0) is 15.5. The Labute approximate surface area is 137 Å². The maximum absolute atomic E-state index is 4.44. The summed E-state index contributed by atoms with van der Waals surface area (Å²) in [7, 11) is 0. The van der Waals surface area contributed by atoms with Gasteiger partial charge in [0.2, 0.25) is 0 Å². The Bertz CT molecular complexity index is 639. The maximum Gasteiger partial charge on any atom is 0.137 e. The molecule has 23 heavy (non-hydrogen) atoms. The van der Waals surface area contributed by atoms with E-state index < -0.39 is 0 Å². The van der Waals surface area contributed by atoms with E-state index in [2.05, 4.69) is 25.2 Å². The smallest absolute Gasteiger partial charge is 0.137 e. The molecule has 2 aliphatic rings. The highest BCUT2D eigenvalue weighted by Crippen LogP contribution is 2.27. The van der Waals surface area contributed by atoms with E-state index in [0.717, 1.165) is 22.6 Å². The van der Waals surface area contributed by atoms with Crippen LogP contribution in [0.3, 0.4) is 0 Å². The molecule has 3 heterocycles. The second kappa shape index (κ2) is 6.79. The fraction of sp³-hybridized carbons (Fsp3) is 0.611. The lowest BCUT2D eigenvalue weighted by atomic mass is 10.0. The number of piperidine rings is 1. The van der Waals surface area contributed by atoms with Crippen LogP contribution in [0.1, 0.15) is 38.5 Å². The molecule has 0 spiro atoms. The summed E-state index contributed by atoms with van der Waals surface area (Å²) in [4.78, 5) is 15.5. The van der Waals surface area contributed by atoms with E-state index in [-0.39, 0.29) is 0 Å². The van der Waals surface area contributed by atoms with Gasteiger partial charge in [-0.15, -0.1) is 0 Å². The Balaban J connectivity index is 1.35. The van der Waals surface area contributed by atoms with Gasteiger partial charge in [-0.05, 0) is 37.7 Å². The van der Waals surface area contributed by atoms with Crippen molar-refractivity contribution < 1.29 is 0 Å².